The summed E-state index contributed by atoms with van der Waals surface area (Å²) in [7, 11) is 0. The van der Waals surface area contributed by atoms with Gasteiger partial charge in [0, 0.05) is 5.92 Å². The van der Waals surface area contributed by atoms with Crippen LogP contribution in [-0.4, -0.2) is 0 Å². The summed E-state index contributed by atoms with van der Waals surface area (Å²) in [5.41, 5.74) is 0. The van der Waals surface area contributed by atoms with Crippen molar-refractivity contribution in [1.29, 1.82) is 0 Å². The fraction of sp³-hybridized carbons (Fsp3) is 0.545. The van der Waals surface area contributed by atoms with Crippen LogP contribution < -0.4 is 0 Å². The van der Waals surface area contributed by atoms with Gasteiger partial charge in [-0.3, -0.25) is 0 Å². The molecule has 1 radical (unpaired) electrons. The maximum atomic E-state index is 2.26. The van der Waals surface area contributed by atoms with Crippen molar-refractivity contribution in [3.8, 4) is 0 Å². The molecule has 0 heteroatoms. The Morgan fingerprint density at radius 1 is 1.27 bits per heavy atom. The van der Waals surface area contributed by atoms with E-state index in [0.29, 0.717) is 0 Å². The molecule has 0 unspecified atom stereocenters. The van der Waals surface area contributed by atoms with Gasteiger partial charge in [0.2, 0.25) is 0 Å². The van der Waals surface area contributed by atoms with Crippen LogP contribution in [0.3, 0.4) is 0 Å². The van der Waals surface area contributed by atoms with Crippen molar-refractivity contribution in [2.45, 2.75) is 39.0 Å². The monoisotopic (exact) mass is 149 g/mol. The van der Waals surface area contributed by atoms with Crippen LogP contribution >= 0.6 is 0 Å². The Balaban J connectivity index is 2.07. The van der Waals surface area contributed by atoms with E-state index in [1.807, 2.05) is 0 Å². The van der Waals surface area contributed by atoms with Crippen molar-refractivity contribution in [3.63, 3.8) is 0 Å². The summed E-state index contributed by atoms with van der Waals surface area (Å²) in [4.78, 5) is 0. The third-order valence-electron chi connectivity index (χ3n) is 2.06. The van der Waals surface area contributed by atoms with Crippen molar-refractivity contribution < 1.29 is 0 Å². The third kappa shape index (κ3) is 3.41. The summed E-state index contributed by atoms with van der Waals surface area (Å²) >= 11 is 0. The predicted molar refractivity (Wildman–Crippen MR) is 50.3 cm³/mol. The fourth-order valence-corrected chi connectivity index (χ4v) is 1.35. The summed E-state index contributed by atoms with van der Waals surface area (Å²) in [6.07, 6.45) is 15.3. The number of unbranched alkanes of at least 4 members (excludes halogenated alkanes) is 2. The lowest BCUT2D eigenvalue weighted by Gasteiger charge is -2.10. The summed E-state index contributed by atoms with van der Waals surface area (Å²) in [6.45, 7) is 2.25. The highest BCUT2D eigenvalue weighted by atomic mass is 14.1. The molecule has 61 valence electrons. The van der Waals surface area contributed by atoms with E-state index in [4.69, 9.17) is 0 Å². The molecule has 0 N–H and O–H groups in total. The Labute approximate surface area is 70.0 Å². The molecule has 0 saturated heterocycles. The molecule has 1 aliphatic rings. The van der Waals surface area contributed by atoms with Crippen LogP contribution in [0, 0.1) is 5.92 Å². The van der Waals surface area contributed by atoms with Crippen molar-refractivity contribution in [3.05, 3.63) is 30.2 Å². The molecule has 0 aliphatic heterocycles. The molecule has 0 aromatic carbocycles. The topological polar surface area (TPSA) is 0 Å². The number of hydrogen-bond acceptors (Lipinski definition) is 0. The summed E-state index contributed by atoms with van der Waals surface area (Å²) in [6, 6.07) is 0. The van der Waals surface area contributed by atoms with E-state index in [0.717, 1.165) is 0 Å². The van der Waals surface area contributed by atoms with Gasteiger partial charge >= 0.3 is 0 Å². The van der Waals surface area contributed by atoms with E-state index in [9.17, 15) is 0 Å². The molecule has 0 bridgehead atoms. The molecule has 0 nitrogen and oxygen atoms in total. The second-order valence-electron chi connectivity index (χ2n) is 3.11. The first kappa shape index (κ1) is 8.58. The minimum atomic E-state index is 1.18. The normalized spacial score (nSPS) is 17.5. The minimum absolute atomic E-state index is 1.18. The van der Waals surface area contributed by atoms with E-state index in [2.05, 4.69) is 31.2 Å². The molecule has 0 amide bonds. The van der Waals surface area contributed by atoms with Gasteiger partial charge in [0.05, 0.1) is 0 Å². The predicted octanol–water partition coefficient (Wildman–Crippen LogP) is 3.66. The smallest absolute Gasteiger partial charge is 0.00134 e. The van der Waals surface area contributed by atoms with Gasteiger partial charge in [-0.25, -0.2) is 0 Å². The lowest BCUT2D eigenvalue weighted by molar-refractivity contribution is 0.678. The second-order valence-corrected chi connectivity index (χ2v) is 3.11. The Hall–Kier alpha value is -0.520. The molecule has 1 rings (SSSR count). The van der Waals surface area contributed by atoms with Gasteiger partial charge in [-0.1, -0.05) is 50.5 Å². The van der Waals surface area contributed by atoms with Gasteiger partial charge in [-0.2, -0.15) is 0 Å². The first-order valence-electron chi connectivity index (χ1n) is 4.61. The Morgan fingerprint density at radius 3 is 2.82 bits per heavy atom. The molecular formula is C11H17. The molecule has 0 spiro atoms. The van der Waals surface area contributed by atoms with Gasteiger partial charge < -0.3 is 0 Å². The molecule has 0 fully saturated rings. The van der Waals surface area contributed by atoms with Gasteiger partial charge in [-0.15, -0.1) is 0 Å². The maximum Gasteiger partial charge on any atom is 0.00134 e. The molecule has 0 aromatic rings. The first-order valence-corrected chi connectivity index (χ1v) is 4.61. The van der Waals surface area contributed by atoms with Gasteiger partial charge in [0.15, 0.2) is 0 Å². The number of hydrogen-bond donors (Lipinski definition) is 0. The molecule has 0 atom stereocenters. The quantitative estimate of drug-likeness (QED) is 0.535. The van der Waals surface area contributed by atoms with Gasteiger partial charge in [0.25, 0.3) is 0 Å². The zero-order chi connectivity index (χ0) is 7.94. The molecule has 0 aromatic heterocycles. The highest BCUT2D eigenvalue weighted by Crippen LogP contribution is 2.20. The number of allylic oxidation sites excluding steroid dienone is 4. The summed E-state index contributed by atoms with van der Waals surface area (Å²) < 4.78 is 0. The zero-order valence-electron chi connectivity index (χ0n) is 7.34. The summed E-state index contributed by atoms with van der Waals surface area (Å²) in [5, 5.41) is 0. The van der Waals surface area contributed by atoms with Crippen LogP contribution in [0.4, 0.5) is 0 Å². The maximum absolute atomic E-state index is 2.26. The number of rotatable bonds is 4. The van der Waals surface area contributed by atoms with Crippen LogP contribution in [0.1, 0.15) is 39.0 Å². The van der Waals surface area contributed by atoms with Crippen LogP contribution in [0.2, 0.25) is 0 Å². The van der Waals surface area contributed by atoms with Crippen LogP contribution in [-0.2, 0) is 0 Å². The molecule has 0 heterocycles. The van der Waals surface area contributed by atoms with Crippen molar-refractivity contribution in [2.75, 3.05) is 0 Å². The zero-order valence-corrected chi connectivity index (χ0v) is 7.34. The standard InChI is InChI=1S/C11H17/c1-2-3-5-8-11-9-6-4-7-10-11/h4,6-7,9H,2-3,5,8,10H2,1H3. The highest BCUT2D eigenvalue weighted by Gasteiger charge is 2.04. The Morgan fingerprint density at radius 2 is 2.18 bits per heavy atom. The van der Waals surface area contributed by atoms with Gasteiger partial charge in [-0.05, 0) is 12.8 Å². The summed E-state index contributed by atoms with van der Waals surface area (Å²) in [5.74, 6) is 1.60. The van der Waals surface area contributed by atoms with Crippen molar-refractivity contribution >= 4 is 0 Å². The highest BCUT2D eigenvalue weighted by molar-refractivity contribution is 5.23. The SMILES string of the molecule is CCCCC[C]1C=CC=CC1. The van der Waals surface area contributed by atoms with Crippen molar-refractivity contribution in [1.82, 2.24) is 0 Å². The minimum Gasteiger partial charge on any atom is -0.0837 e. The van der Waals surface area contributed by atoms with Crippen LogP contribution in [0.25, 0.3) is 0 Å². The lowest BCUT2D eigenvalue weighted by atomic mass is 9.95. The van der Waals surface area contributed by atoms with E-state index < -0.39 is 0 Å². The van der Waals surface area contributed by atoms with Crippen molar-refractivity contribution in [2.24, 2.45) is 0 Å². The molecule has 11 heavy (non-hydrogen) atoms. The van der Waals surface area contributed by atoms with E-state index in [-0.39, 0.29) is 0 Å². The van der Waals surface area contributed by atoms with E-state index in [1.54, 1.807) is 5.92 Å². The van der Waals surface area contributed by atoms with Gasteiger partial charge in [0.1, 0.15) is 0 Å². The second kappa shape index (κ2) is 5.17. The average molecular weight is 149 g/mol. The average Bonchev–Trinajstić information content (AvgIpc) is 2.07. The first-order chi connectivity index (χ1) is 5.43. The largest absolute Gasteiger partial charge is 0.0837 e. The molecule has 1 aliphatic carbocycles. The Bertz CT molecular complexity index is 142. The van der Waals surface area contributed by atoms with E-state index in [1.165, 1.54) is 32.1 Å². The molecule has 0 saturated carbocycles. The van der Waals surface area contributed by atoms with E-state index >= 15 is 0 Å². The fourth-order valence-electron chi connectivity index (χ4n) is 1.35. The van der Waals surface area contributed by atoms with Crippen LogP contribution in [0.15, 0.2) is 24.3 Å². The lowest BCUT2D eigenvalue weighted by Crippen LogP contribution is -1.94. The Kier molecular flexibility index (Phi) is 4.03. The third-order valence-corrected chi connectivity index (χ3v) is 2.06. The molecular weight excluding hydrogens is 132 g/mol. The van der Waals surface area contributed by atoms with Crippen LogP contribution in [0.5, 0.6) is 0 Å².